The van der Waals surface area contributed by atoms with Gasteiger partial charge in [0.15, 0.2) is 0 Å². The van der Waals surface area contributed by atoms with Crippen LogP contribution in [0.15, 0.2) is 54.6 Å². The maximum absolute atomic E-state index is 15.6. The van der Waals surface area contributed by atoms with Crippen LogP contribution in [-0.2, 0) is 25.5 Å². The number of esters is 1. The Labute approximate surface area is 239 Å². The third kappa shape index (κ3) is 12.3. The first kappa shape index (κ1) is 33.0. The molecule has 2 amide bonds. The predicted octanol–water partition coefficient (Wildman–Crippen LogP) is 8.17. The molecule has 0 heterocycles. The van der Waals surface area contributed by atoms with Crippen molar-refractivity contribution in [2.24, 2.45) is 0 Å². The van der Waals surface area contributed by atoms with Crippen molar-refractivity contribution in [3.63, 3.8) is 0 Å². The lowest BCUT2D eigenvalue weighted by Crippen LogP contribution is -2.48. The largest absolute Gasteiger partial charge is 0.466 e. The summed E-state index contributed by atoms with van der Waals surface area (Å²) in [6, 6.07) is 14.8. The van der Waals surface area contributed by atoms with Crippen LogP contribution in [0.5, 0.6) is 0 Å². The Balaban J connectivity index is 1.66. The van der Waals surface area contributed by atoms with Crippen LogP contribution in [0.4, 0.5) is 15.8 Å². The predicted molar refractivity (Wildman–Crippen MR) is 160 cm³/mol. The number of halogens is 1. The third-order valence-electron chi connectivity index (χ3n) is 7.09. The van der Waals surface area contributed by atoms with Gasteiger partial charge in [0.1, 0.15) is 0 Å². The zero-order chi connectivity index (χ0) is 29.1. The number of alkyl halides is 1. The van der Waals surface area contributed by atoms with E-state index in [4.69, 9.17) is 0 Å². The molecule has 0 aliphatic heterocycles. The van der Waals surface area contributed by atoms with E-state index in [0.29, 0.717) is 23.4 Å². The third-order valence-corrected chi connectivity index (χ3v) is 7.09. The highest BCUT2D eigenvalue weighted by Crippen LogP contribution is 2.24. The van der Waals surface area contributed by atoms with Gasteiger partial charge in [-0.15, -0.1) is 0 Å². The number of hydrogen-bond acceptors (Lipinski definition) is 4. The molecule has 0 aromatic heterocycles. The molecule has 0 aliphatic rings. The van der Waals surface area contributed by atoms with Crippen LogP contribution in [0, 0.1) is 0 Å². The van der Waals surface area contributed by atoms with Gasteiger partial charge in [-0.25, -0.2) is 9.18 Å². The van der Waals surface area contributed by atoms with Crippen molar-refractivity contribution in [3.05, 3.63) is 60.2 Å². The van der Waals surface area contributed by atoms with Crippen LogP contribution in [0.3, 0.4) is 0 Å². The van der Waals surface area contributed by atoms with E-state index >= 15 is 4.39 Å². The molecule has 0 spiro atoms. The Morgan fingerprint density at radius 2 is 1.18 bits per heavy atom. The van der Waals surface area contributed by atoms with Gasteiger partial charge in [0.05, 0.1) is 7.11 Å². The molecule has 7 heteroatoms. The highest BCUT2D eigenvalue weighted by molar-refractivity contribution is 6.12. The molecular weight excluding hydrogens is 507 g/mol. The smallest absolute Gasteiger partial charge is 0.353 e. The fourth-order valence-electron chi connectivity index (χ4n) is 4.68. The second-order valence-corrected chi connectivity index (χ2v) is 10.5. The molecule has 2 aromatic rings. The van der Waals surface area contributed by atoms with Gasteiger partial charge in [-0.1, -0.05) is 114 Å². The van der Waals surface area contributed by atoms with Crippen molar-refractivity contribution in [1.29, 1.82) is 0 Å². The van der Waals surface area contributed by atoms with Gasteiger partial charge in [-0.3, -0.25) is 9.59 Å². The number of carbonyl (C=O) groups excluding carboxylic acids is 3. The number of ether oxygens (including phenoxy) is 1. The van der Waals surface area contributed by atoms with Gasteiger partial charge in [0, 0.05) is 24.2 Å². The molecule has 220 valence electrons. The van der Waals surface area contributed by atoms with E-state index in [0.717, 1.165) is 26.4 Å². The minimum absolute atomic E-state index is 0.0591. The first-order chi connectivity index (χ1) is 19.4. The Morgan fingerprint density at radius 3 is 1.68 bits per heavy atom. The maximum atomic E-state index is 15.6. The summed E-state index contributed by atoms with van der Waals surface area (Å²) in [6.07, 6.45) is 16.4. The molecule has 0 saturated carbocycles. The molecule has 0 bridgehead atoms. The lowest BCUT2D eigenvalue weighted by molar-refractivity contribution is -0.159. The van der Waals surface area contributed by atoms with Gasteiger partial charge >= 0.3 is 5.97 Å². The van der Waals surface area contributed by atoms with Gasteiger partial charge < -0.3 is 15.4 Å². The van der Waals surface area contributed by atoms with Crippen LogP contribution in [0.25, 0.3) is 0 Å². The van der Waals surface area contributed by atoms with Crippen molar-refractivity contribution < 1.29 is 23.5 Å². The molecule has 1 unspecified atom stereocenters. The van der Waals surface area contributed by atoms with Gasteiger partial charge in [-0.05, 0) is 36.2 Å². The zero-order valence-corrected chi connectivity index (χ0v) is 24.3. The van der Waals surface area contributed by atoms with Crippen molar-refractivity contribution in [1.82, 2.24) is 0 Å². The summed E-state index contributed by atoms with van der Waals surface area (Å²) in [6.45, 7) is 2.25. The van der Waals surface area contributed by atoms with E-state index < -0.39 is 24.0 Å². The van der Waals surface area contributed by atoms with Crippen LogP contribution in [-0.4, -0.2) is 30.6 Å². The summed E-state index contributed by atoms with van der Waals surface area (Å²) in [5.74, 6) is -2.43. The monoisotopic (exact) mass is 554 g/mol. The number of benzene rings is 2. The number of amides is 2. The Hall–Kier alpha value is -3.22. The van der Waals surface area contributed by atoms with E-state index in [9.17, 15) is 14.4 Å². The minimum atomic E-state index is -2.88. The Kier molecular flexibility index (Phi) is 15.6. The van der Waals surface area contributed by atoms with Crippen LogP contribution in [0.2, 0.25) is 0 Å². The lowest BCUT2D eigenvalue weighted by Gasteiger charge is -2.22. The minimum Gasteiger partial charge on any atom is -0.466 e. The standard InChI is InChI=1S/C33H47FN2O4/c1-3-4-5-6-7-8-9-10-11-12-13-14-18-21-30(37)35-28-22-24-29(25-23-28)36-31(38)33(34,32(39)40-2)26-27-19-16-15-17-20-27/h15-17,19-20,22-25H,3-14,18,21,26H2,1-2H3,(H,35,37)(H,36,38). The Morgan fingerprint density at radius 1 is 0.700 bits per heavy atom. The normalized spacial score (nSPS) is 12.4. The summed E-state index contributed by atoms with van der Waals surface area (Å²) in [5, 5.41) is 5.31. The summed E-state index contributed by atoms with van der Waals surface area (Å²) in [4.78, 5) is 37.2. The van der Waals surface area contributed by atoms with Gasteiger partial charge in [-0.2, -0.15) is 0 Å². The summed E-state index contributed by atoms with van der Waals surface area (Å²) >= 11 is 0. The summed E-state index contributed by atoms with van der Waals surface area (Å²) in [7, 11) is 1.05. The highest BCUT2D eigenvalue weighted by atomic mass is 19.1. The second-order valence-electron chi connectivity index (χ2n) is 10.5. The lowest BCUT2D eigenvalue weighted by atomic mass is 9.95. The number of anilines is 2. The Bertz CT molecular complexity index is 1010. The van der Waals surface area contributed by atoms with E-state index in [1.165, 1.54) is 64.2 Å². The SMILES string of the molecule is CCCCCCCCCCCCCCCC(=O)Nc1ccc(NC(=O)C(F)(Cc2ccccc2)C(=O)OC)cc1. The van der Waals surface area contributed by atoms with Crippen molar-refractivity contribution >= 4 is 29.2 Å². The number of carbonyl (C=O) groups is 3. The van der Waals surface area contributed by atoms with Crippen molar-refractivity contribution in [2.45, 2.75) is 109 Å². The first-order valence-corrected chi connectivity index (χ1v) is 14.9. The first-order valence-electron chi connectivity index (χ1n) is 14.9. The average molecular weight is 555 g/mol. The molecule has 2 N–H and O–H groups in total. The van der Waals surface area contributed by atoms with E-state index in [1.807, 2.05) is 0 Å². The highest BCUT2D eigenvalue weighted by Gasteiger charge is 2.48. The molecule has 2 aromatic carbocycles. The van der Waals surface area contributed by atoms with Crippen molar-refractivity contribution in [2.75, 3.05) is 17.7 Å². The molecule has 6 nitrogen and oxygen atoms in total. The zero-order valence-electron chi connectivity index (χ0n) is 24.3. The number of rotatable bonds is 20. The fraction of sp³-hybridized carbons (Fsp3) is 0.545. The van der Waals surface area contributed by atoms with Crippen LogP contribution < -0.4 is 10.6 Å². The van der Waals surface area contributed by atoms with Crippen LogP contribution in [0.1, 0.15) is 102 Å². The van der Waals surface area contributed by atoms with Gasteiger partial charge in [0.25, 0.3) is 11.6 Å². The molecule has 40 heavy (non-hydrogen) atoms. The number of methoxy groups -OCH3 is 1. The van der Waals surface area contributed by atoms with E-state index in [2.05, 4.69) is 22.3 Å². The molecule has 0 saturated heterocycles. The fourth-order valence-corrected chi connectivity index (χ4v) is 4.68. The topological polar surface area (TPSA) is 84.5 Å². The number of hydrogen-bond donors (Lipinski definition) is 2. The maximum Gasteiger partial charge on any atom is 0.353 e. The summed E-state index contributed by atoms with van der Waals surface area (Å²) in [5.41, 5.74) is -1.50. The second kappa shape index (κ2) is 19.0. The van der Waals surface area contributed by atoms with Crippen LogP contribution >= 0.6 is 0 Å². The average Bonchev–Trinajstić information content (AvgIpc) is 2.96. The number of nitrogens with one attached hydrogen (secondary N) is 2. The molecule has 0 aliphatic carbocycles. The molecule has 1 atom stereocenters. The number of unbranched alkanes of at least 4 members (excludes halogenated alkanes) is 12. The molecular formula is C33H47FN2O4. The molecule has 0 radical (unpaired) electrons. The summed E-state index contributed by atoms with van der Waals surface area (Å²) < 4.78 is 20.1. The van der Waals surface area contributed by atoms with E-state index in [1.54, 1.807) is 54.6 Å². The van der Waals surface area contributed by atoms with Crippen molar-refractivity contribution in [3.8, 4) is 0 Å². The quantitative estimate of drug-likeness (QED) is 0.0982. The molecule has 2 rings (SSSR count). The van der Waals surface area contributed by atoms with E-state index in [-0.39, 0.29) is 5.91 Å². The van der Waals surface area contributed by atoms with Gasteiger partial charge in [0.2, 0.25) is 5.91 Å². The molecule has 0 fully saturated rings.